The first kappa shape index (κ1) is 15.8. The van der Waals surface area contributed by atoms with Crippen molar-refractivity contribution in [2.75, 3.05) is 18.5 Å². The van der Waals surface area contributed by atoms with Gasteiger partial charge >= 0.3 is 6.03 Å². The van der Waals surface area contributed by atoms with Gasteiger partial charge in [-0.25, -0.2) is 9.18 Å². The predicted octanol–water partition coefficient (Wildman–Crippen LogP) is 3.54. The van der Waals surface area contributed by atoms with Gasteiger partial charge in [0.15, 0.2) is 0 Å². The van der Waals surface area contributed by atoms with Crippen molar-refractivity contribution in [3.8, 4) is 0 Å². The van der Waals surface area contributed by atoms with Crippen LogP contribution in [0.1, 0.15) is 32.6 Å². The molecular weight excluding hydrogens is 271 g/mol. The fraction of sp³-hybridized carbons (Fsp3) is 0.562. The van der Waals surface area contributed by atoms with Gasteiger partial charge in [0.05, 0.1) is 18.4 Å². The number of ether oxygens (including phenoxy) is 1. The molecule has 2 atom stereocenters. The molecule has 1 fully saturated rings. The SMILES string of the molecule is C[C@H]1CCCC[C@@H]1OCCNC(=O)Nc1ccccc1F. The standard InChI is InChI=1S/C16H23FN2O2/c1-12-6-2-5-9-15(12)21-11-10-18-16(20)19-14-8-4-3-7-13(14)17/h3-4,7-8,12,15H,2,5-6,9-11H2,1H3,(H2,18,19,20)/t12-,15-/m0/s1. The van der Waals surface area contributed by atoms with E-state index in [0.717, 1.165) is 6.42 Å². The van der Waals surface area contributed by atoms with Crippen molar-refractivity contribution in [2.24, 2.45) is 5.92 Å². The van der Waals surface area contributed by atoms with Gasteiger partial charge in [-0.05, 0) is 30.9 Å². The second-order valence-electron chi connectivity index (χ2n) is 5.53. The number of para-hydroxylation sites is 1. The third-order valence-electron chi connectivity index (χ3n) is 3.87. The largest absolute Gasteiger partial charge is 0.376 e. The fourth-order valence-electron chi connectivity index (χ4n) is 2.63. The van der Waals surface area contributed by atoms with Gasteiger partial charge in [-0.3, -0.25) is 0 Å². The highest BCUT2D eigenvalue weighted by Gasteiger charge is 2.21. The number of amides is 2. The molecule has 0 saturated heterocycles. The van der Waals surface area contributed by atoms with Gasteiger partial charge < -0.3 is 15.4 Å². The van der Waals surface area contributed by atoms with Crippen LogP contribution in [0.3, 0.4) is 0 Å². The number of halogens is 1. The second kappa shape index (κ2) is 7.98. The summed E-state index contributed by atoms with van der Waals surface area (Å²) in [6.07, 6.45) is 5.12. The van der Waals surface area contributed by atoms with Gasteiger partial charge in [0.2, 0.25) is 0 Å². The van der Waals surface area contributed by atoms with Crippen LogP contribution in [0.2, 0.25) is 0 Å². The van der Waals surface area contributed by atoms with Crippen LogP contribution in [0.5, 0.6) is 0 Å². The number of anilines is 1. The summed E-state index contributed by atoms with van der Waals surface area (Å²) in [5.74, 6) is 0.144. The topological polar surface area (TPSA) is 50.4 Å². The molecule has 21 heavy (non-hydrogen) atoms. The third-order valence-corrected chi connectivity index (χ3v) is 3.87. The second-order valence-corrected chi connectivity index (χ2v) is 5.53. The van der Waals surface area contributed by atoms with Gasteiger partial charge in [0.1, 0.15) is 5.82 Å². The molecule has 0 heterocycles. The molecule has 2 amide bonds. The number of hydrogen-bond acceptors (Lipinski definition) is 2. The number of nitrogens with one attached hydrogen (secondary N) is 2. The molecule has 4 nitrogen and oxygen atoms in total. The lowest BCUT2D eigenvalue weighted by Gasteiger charge is -2.28. The maximum atomic E-state index is 13.4. The molecule has 1 aromatic rings. The van der Waals surface area contributed by atoms with Crippen molar-refractivity contribution in [3.05, 3.63) is 30.1 Å². The van der Waals surface area contributed by atoms with E-state index in [-0.39, 0.29) is 5.69 Å². The number of carbonyl (C=O) groups excluding carboxylic acids is 1. The molecule has 1 aromatic carbocycles. The first-order chi connectivity index (χ1) is 10.2. The van der Waals surface area contributed by atoms with Crippen molar-refractivity contribution in [1.82, 2.24) is 5.32 Å². The van der Waals surface area contributed by atoms with E-state index in [1.54, 1.807) is 12.1 Å². The van der Waals surface area contributed by atoms with Gasteiger partial charge in [-0.1, -0.05) is 31.9 Å². The summed E-state index contributed by atoms with van der Waals surface area (Å²) < 4.78 is 19.2. The van der Waals surface area contributed by atoms with Gasteiger partial charge in [-0.2, -0.15) is 0 Å². The number of rotatable bonds is 5. The smallest absolute Gasteiger partial charge is 0.319 e. The molecule has 1 aliphatic rings. The minimum absolute atomic E-state index is 0.178. The van der Waals surface area contributed by atoms with E-state index in [9.17, 15) is 9.18 Å². The van der Waals surface area contributed by atoms with Crippen LogP contribution in [0.15, 0.2) is 24.3 Å². The minimum Gasteiger partial charge on any atom is -0.376 e. The summed E-state index contributed by atoms with van der Waals surface area (Å²) in [6.45, 7) is 3.12. The molecule has 2 rings (SSSR count). The van der Waals surface area contributed by atoms with Crippen LogP contribution in [0.4, 0.5) is 14.9 Å². The molecule has 1 saturated carbocycles. The van der Waals surface area contributed by atoms with Gasteiger partial charge in [-0.15, -0.1) is 0 Å². The zero-order valence-corrected chi connectivity index (χ0v) is 12.4. The Morgan fingerprint density at radius 3 is 2.86 bits per heavy atom. The Morgan fingerprint density at radius 1 is 1.33 bits per heavy atom. The van der Waals surface area contributed by atoms with Crippen LogP contribution in [-0.4, -0.2) is 25.3 Å². The van der Waals surface area contributed by atoms with E-state index < -0.39 is 11.8 Å². The Bertz CT molecular complexity index is 467. The quantitative estimate of drug-likeness (QED) is 0.816. The zero-order chi connectivity index (χ0) is 15.1. The fourth-order valence-corrected chi connectivity index (χ4v) is 2.63. The highest BCUT2D eigenvalue weighted by molar-refractivity contribution is 5.89. The molecule has 0 radical (unpaired) electrons. The molecule has 0 aliphatic heterocycles. The summed E-state index contributed by atoms with van der Waals surface area (Å²) in [6, 6.07) is 5.67. The van der Waals surface area contributed by atoms with Crippen molar-refractivity contribution in [2.45, 2.75) is 38.7 Å². The molecule has 0 unspecified atom stereocenters. The van der Waals surface area contributed by atoms with Crippen LogP contribution >= 0.6 is 0 Å². The molecule has 1 aliphatic carbocycles. The highest BCUT2D eigenvalue weighted by Crippen LogP contribution is 2.25. The average molecular weight is 294 g/mol. The van der Waals surface area contributed by atoms with Crippen molar-refractivity contribution < 1.29 is 13.9 Å². The molecule has 0 bridgehead atoms. The van der Waals surface area contributed by atoms with Crippen molar-refractivity contribution in [3.63, 3.8) is 0 Å². The molecular formula is C16H23FN2O2. The van der Waals surface area contributed by atoms with Gasteiger partial charge in [0, 0.05) is 6.54 Å². The molecule has 0 aromatic heterocycles. The van der Waals surface area contributed by atoms with Crippen LogP contribution in [0.25, 0.3) is 0 Å². The predicted molar refractivity (Wildman–Crippen MR) is 80.8 cm³/mol. The summed E-state index contributed by atoms with van der Waals surface area (Å²) >= 11 is 0. The summed E-state index contributed by atoms with van der Waals surface area (Å²) in [5, 5.41) is 5.15. The Morgan fingerprint density at radius 2 is 2.10 bits per heavy atom. The van der Waals surface area contributed by atoms with Crippen LogP contribution in [-0.2, 0) is 4.74 Å². The maximum Gasteiger partial charge on any atom is 0.319 e. The lowest BCUT2D eigenvalue weighted by molar-refractivity contribution is -0.00232. The van der Waals surface area contributed by atoms with Crippen molar-refractivity contribution in [1.29, 1.82) is 0 Å². The lowest BCUT2D eigenvalue weighted by Crippen LogP contribution is -2.34. The lowest BCUT2D eigenvalue weighted by atomic mass is 9.88. The summed E-state index contributed by atoms with van der Waals surface area (Å²) in [4.78, 5) is 11.6. The Kier molecular flexibility index (Phi) is 5.99. The number of carbonyl (C=O) groups is 1. The molecule has 0 spiro atoms. The monoisotopic (exact) mass is 294 g/mol. The first-order valence-electron chi connectivity index (χ1n) is 7.58. The summed E-state index contributed by atoms with van der Waals surface area (Å²) in [7, 11) is 0. The normalized spacial score (nSPS) is 21.8. The molecule has 5 heteroatoms. The Labute approximate surface area is 125 Å². The van der Waals surface area contributed by atoms with Gasteiger partial charge in [0.25, 0.3) is 0 Å². The van der Waals surface area contributed by atoms with Crippen molar-refractivity contribution >= 4 is 11.7 Å². The zero-order valence-electron chi connectivity index (χ0n) is 12.4. The number of urea groups is 1. The van der Waals surface area contributed by atoms with E-state index in [1.165, 1.54) is 31.4 Å². The summed E-state index contributed by atoms with van der Waals surface area (Å²) in [5.41, 5.74) is 0.178. The minimum atomic E-state index is -0.445. The van der Waals surface area contributed by atoms with E-state index >= 15 is 0 Å². The first-order valence-corrected chi connectivity index (χ1v) is 7.58. The van der Waals surface area contributed by atoms with Crippen LogP contribution in [0, 0.1) is 11.7 Å². The van der Waals surface area contributed by atoms with E-state index in [1.807, 2.05) is 0 Å². The highest BCUT2D eigenvalue weighted by atomic mass is 19.1. The maximum absolute atomic E-state index is 13.4. The molecule has 2 N–H and O–H groups in total. The Hall–Kier alpha value is -1.62. The average Bonchev–Trinajstić information content (AvgIpc) is 2.48. The molecule has 116 valence electrons. The van der Waals surface area contributed by atoms with E-state index in [4.69, 9.17) is 4.74 Å². The van der Waals surface area contributed by atoms with E-state index in [2.05, 4.69) is 17.6 Å². The number of hydrogen-bond donors (Lipinski definition) is 2. The Balaban J connectivity index is 1.64. The number of benzene rings is 1. The third kappa shape index (κ3) is 5.01. The van der Waals surface area contributed by atoms with E-state index in [0.29, 0.717) is 25.2 Å². The van der Waals surface area contributed by atoms with Crippen LogP contribution < -0.4 is 10.6 Å².